The number of ether oxygens (including phenoxy) is 2. The van der Waals surface area contributed by atoms with Gasteiger partial charge in [0.1, 0.15) is 29.5 Å². The summed E-state index contributed by atoms with van der Waals surface area (Å²) in [4.78, 5) is 48.4. The number of carbonyl (C=O) groups excluding carboxylic acids is 3. The summed E-state index contributed by atoms with van der Waals surface area (Å²) in [5.41, 5.74) is -1.56. The molecule has 13 nitrogen and oxygen atoms in total. The quantitative estimate of drug-likeness (QED) is 0.226. The van der Waals surface area contributed by atoms with E-state index in [0.717, 1.165) is 0 Å². The zero-order valence-electron chi connectivity index (χ0n) is 30.0. The maximum Gasteiger partial charge on any atom is 0.259 e. The molecule has 3 amide bonds. The summed E-state index contributed by atoms with van der Waals surface area (Å²) in [7, 11) is -2.40. The van der Waals surface area contributed by atoms with Crippen LogP contribution in [0.25, 0.3) is 10.8 Å². The van der Waals surface area contributed by atoms with E-state index in [9.17, 15) is 28.1 Å². The van der Waals surface area contributed by atoms with Gasteiger partial charge in [-0.05, 0) is 67.1 Å². The summed E-state index contributed by atoms with van der Waals surface area (Å²) >= 11 is 6.34. The van der Waals surface area contributed by atoms with Crippen LogP contribution in [0.5, 0.6) is 11.6 Å². The minimum absolute atomic E-state index is 0.00490. The number of aromatic nitrogens is 1. The van der Waals surface area contributed by atoms with Crippen molar-refractivity contribution in [2.45, 2.75) is 75.4 Å². The van der Waals surface area contributed by atoms with Crippen LogP contribution in [0.3, 0.4) is 0 Å². The van der Waals surface area contributed by atoms with Crippen LogP contribution in [0.1, 0.15) is 53.4 Å². The van der Waals surface area contributed by atoms with Gasteiger partial charge in [-0.3, -0.25) is 19.1 Å². The smallest absolute Gasteiger partial charge is 0.259 e. The molecule has 1 saturated heterocycles. The number of amides is 3. The van der Waals surface area contributed by atoms with Crippen molar-refractivity contribution in [3.63, 3.8) is 0 Å². The lowest BCUT2D eigenvalue weighted by Gasteiger charge is -2.36. The maximum atomic E-state index is 14.7. The highest BCUT2D eigenvalue weighted by Gasteiger charge is 2.62. The first-order valence-corrected chi connectivity index (χ1v) is 18.7. The van der Waals surface area contributed by atoms with E-state index < -0.39 is 68.1 Å². The lowest BCUT2D eigenvalue weighted by Crippen LogP contribution is -2.58. The molecule has 274 valence electrons. The lowest BCUT2D eigenvalue weighted by molar-refractivity contribution is -0.141. The van der Waals surface area contributed by atoms with E-state index in [1.807, 2.05) is 0 Å². The van der Waals surface area contributed by atoms with Gasteiger partial charge in [0, 0.05) is 35.2 Å². The fraction of sp³-hybridized carbons (Fsp3) is 0.432. The molecular weight excluding hydrogens is 708 g/mol. The molecule has 52 heavy (non-hydrogen) atoms. The predicted octanol–water partition coefficient (Wildman–Crippen LogP) is 4.31. The van der Waals surface area contributed by atoms with Crippen LogP contribution in [-0.4, -0.2) is 78.7 Å². The molecule has 0 radical (unpaired) electrons. The molecule has 0 spiro atoms. The van der Waals surface area contributed by atoms with Crippen molar-refractivity contribution in [3.8, 4) is 17.7 Å². The van der Waals surface area contributed by atoms with Gasteiger partial charge in [0.05, 0.1) is 36.7 Å². The monoisotopic (exact) mass is 749 g/mol. The number of nitrogens with zero attached hydrogens (tertiary/aromatic N) is 3. The normalized spacial score (nSPS) is 23.5. The zero-order valence-corrected chi connectivity index (χ0v) is 30.6. The van der Waals surface area contributed by atoms with Crippen LogP contribution < -0.4 is 24.8 Å². The second-order valence-corrected chi connectivity index (χ2v) is 16.6. The molecule has 2 aliphatic carbocycles. The molecule has 2 aromatic carbocycles. The Morgan fingerprint density at radius 1 is 1.21 bits per heavy atom. The second-order valence-electron chi connectivity index (χ2n) is 14.2. The summed E-state index contributed by atoms with van der Waals surface area (Å²) in [6, 6.07) is 11.6. The number of sulfonamides is 1. The summed E-state index contributed by atoms with van der Waals surface area (Å²) in [5, 5.41) is 16.3. The molecule has 0 unspecified atom stereocenters. The lowest BCUT2D eigenvalue weighted by atomic mass is 9.85. The van der Waals surface area contributed by atoms with Crippen molar-refractivity contribution < 1.29 is 33.6 Å². The van der Waals surface area contributed by atoms with Gasteiger partial charge in [0.25, 0.3) is 5.91 Å². The number of benzene rings is 2. The average molecular weight is 750 g/mol. The Morgan fingerprint density at radius 2 is 1.94 bits per heavy atom. The molecule has 0 bridgehead atoms. The van der Waals surface area contributed by atoms with Crippen molar-refractivity contribution >= 4 is 55.8 Å². The molecular formula is C37H41ClN6O7S. The van der Waals surface area contributed by atoms with E-state index in [2.05, 4.69) is 33.0 Å². The molecule has 2 saturated carbocycles. The SMILES string of the molecule is [2H]CC(C)(C)[C@H](Nc1ccc(C#N)cc1)C(=O)N1C[C@H](Oc2ncc(OC)c3ccc(Cl)cc23)C[C@H]1C(=O)N[C@]1(C(=O)NS(=O)(=O)C2CC2)C[C@H]1C=C. The number of carbonyl (C=O) groups is 3. The average Bonchev–Trinajstić information content (AvgIpc) is 4.07. The van der Waals surface area contributed by atoms with Gasteiger partial charge in [-0.25, -0.2) is 13.4 Å². The Labute approximate surface area is 309 Å². The Bertz CT molecular complexity index is 2110. The zero-order chi connectivity index (χ0) is 38.3. The molecule has 3 fully saturated rings. The summed E-state index contributed by atoms with van der Waals surface area (Å²) in [6.45, 7) is 7.07. The van der Waals surface area contributed by atoms with Gasteiger partial charge in [0.15, 0.2) is 0 Å². The molecule has 5 atom stereocenters. The number of pyridine rings is 1. The number of hydrogen-bond donors (Lipinski definition) is 3. The number of anilines is 1. The van der Waals surface area contributed by atoms with E-state index in [1.165, 1.54) is 24.3 Å². The third kappa shape index (κ3) is 7.38. The van der Waals surface area contributed by atoms with Crippen LogP contribution in [0.4, 0.5) is 5.69 Å². The molecule has 1 aliphatic heterocycles. The van der Waals surface area contributed by atoms with E-state index in [-0.39, 0.29) is 32.2 Å². The predicted molar refractivity (Wildman–Crippen MR) is 195 cm³/mol. The van der Waals surface area contributed by atoms with Gasteiger partial charge in [0.2, 0.25) is 27.7 Å². The van der Waals surface area contributed by atoms with E-state index in [0.29, 0.717) is 45.6 Å². The van der Waals surface area contributed by atoms with Gasteiger partial charge >= 0.3 is 0 Å². The number of hydrogen-bond acceptors (Lipinski definition) is 10. The minimum Gasteiger partial charge on any atom is -0.494 e. The second kappa shape index (κ2) is 13.9. The van der Waals surface area contributed by atoms with E-state index >= 15 is 0 Å². The van der Waals surface area contributed by atoms with E-state index in [1.54, 1.807) is 56.3 Å². The topological polar surface area (TPSA) is 180 Å². The van der Waals surface area contributed by atoms with Crippen LogP contribution in [0.15, 0.2) is 61.3 Å². The van der Waals surface area contributed by atoms with Crippen LogP contribution in [0.2, 0.25) is 5.02 Å². The molecule has 15 heteroatoms. The van der Waals surface area contributed by atoms with Crippen molar-refractivity contribution in [1.29, 1.82) is 5.26 Å². The largest absolute Gasteiger partial charge is 0.494 e. The highest BCUT2D eigenvalue weighted by Crippen LogP contribution is 2.46. The van der Waals surface area contributed by atoms with Gasteiger partial charge < -0.3 is 25.0 Å². The van der Waals surface area contributed by atoms with Gasteiger partial charge in [-0.1, -0.05) is 38.4 Å². The minimum atomic E-state index is -3.91. The van der Waals surface area contributed by atoms with E-state index in [4.69, 9.17) is 22.4 Å². The first kappa shape index (κ1) is 35.5. The molecule has 3 aromatic rings. The summed E-state index contributed by atoms with van der Waals surface area (Å²) in [5.74, 6) is -1.87. The Kier molecular flexibility index (Phi) is 9.52. The third-order valence-electron chi connectivity index (χ3n) is 9.73. The first-order chi connectivity index (χ1) is 25.2. The van der Waals surface area contributed by atoms with Gasteiger partial charge in [-0.15, -0.1) is 6.58 Å². The fourth-order valence-electron chi connectivity index (χ4n) is 6.54. The number of rotatable bonds is 12. The number of fused-ring (bicyclic) bond motifs is 1. The van der Waals surface area contributed by atoms with Crippen molar-refractivity contribution in [2.24, 2.45) is 11.3 Å². The number of halogens is 1. The van der Waals surface area contributed by atoms with Gasteiger partial charge in [-0.2, -0.15) is 5.26 Å². The van der Waals surface area contributed by atoms with Crippen LogP contribution in [-0.2, 0) is 24.4 Å². The highest BCUT2D eigenvalue weighted by molar-refractivity contribution is 7.91. The Morgan fingerprint density at radius 3 is 2.56 bits per heavy atom. The highest BCUT2D eigenvalue weighted by atomic mass is 35.5. The molecule has 6 rings (SSSR count). The summed E-state index contributed by atoms with van der Waals surface area (Å²) in [6.07, 6.45) is 3.26. The fourth-order valence-corrected chi connectivity index (χ4v) is 8.07. The Balaban J connectivity index is 1.33. The maximum absolute atomic E-state index is 14.7. The Hall–Kier alpha value is -4.87. The van der Waals surface area contributed by atoms with Crippen molar-refractivity contribution in [1.82, 2.24) is 19.9 Å². The van der Waals surface area contributed by atoms with Crippen molar-refractivity contribution in [3.05, 3.63) is 71.9 Å². The third-order valence-corrected chi connectivity index (χ3v) is 11.8. The molecule has 2 heterocycles. The number of nitrogens with one attached hydrogen (secondary N) is 3. The van der Waals surface area contributed by atoms with Crippen LogP contribution >= 0.6 is 11.6 Å². The number of likely N-dealkylation sites (tertiary alicyclic amines) is 1. The molecule has 1 aromatic heterocycles. The van der Waals surface area contributed by atoms with Crippen LogP contribution in [0, 0.1) is 22.7 Å². The van der Waals surface area contributed by atoms with Crippen molar-refractivity contribution in [2.75, 3.05) is 19.0 Å². The molecule has 3 N–H and O–H groups in total. The molecule has 3 aliphatic rings. The number of methoxy groups -OCH3 is 1. The first-order valence-electron chi connectivity index (χ1n) is 17.5. The summed E-state index contributed by atoms with van der Waals surface area (Å²) < 4.78 is 47.8. The number of nitriles is 1. The standard InChI is InChI=1S/C37H41ClN6O7S/c1-6-22-17-37(22,35(47)43-52(48,49)26-12-13-26)42-32(45)29-16-25(51-33-28-15-23(38)9-14-27(28)30(50-5)19-40-33)20-44(29)34(46)31(36(2,3)4)41-24-10-7-21(18-39)8-11-24/h6-11,14-15,19,22,25-26,29,31,41H,1,12-13,16-17,20H2,2-5H3,(H,42,45)(H,43,47)/t22-,25-,29+,31-,37-/m1/s1/i2D.